The molecule has 0 saturated carbocycles. The monoisotopic (exact) mass is 378 g/mol. The fraction of sp³-hybridized carbons (Fsp3) is 0.294. The van der Waals surface area contributed by atoms with Crippen LogP contribution in [0.4, 0.5) is 0 Å². The van der Waals surface area contributed by atoms with E-state index >= 15 is 0 Å². The van der Waals surface area contributed by atoms with Gasteiger partial charge in [0.15, 0.2) is 0 Å². The van der Waals surface area contributed by atoms with Gasteiger partial charge in [0, 0.05) is 14.9 Å². The Morgan fingerprint density at radius 2 is 1.42 bits per heavy atom. The molecule has 0 nitrogen and oxygen atoms in total. The predicted octanol–water partition coefficient (Wildman–Crippen LogP) is 6.51. The SMILES string of the molecule is CCCCC1c2cc(Br)ccc2-c2ccc(Br)cc21. The van der Waals surface area contributed by atoms with Gasteiger partial charge >= 0.3 is 0 Å². The topological polar surface area (TPSA) is 0 Å². The molecule has 0 fully saturated rings. The Morgan fingerprint density at radius 1 is 0.895 bits per heavy atom. The number of rotatable bonds is 3. The molecule has 0 amide bonds. The van der Waals surface area contributed by atoms with Crippen molar-refractivity contribution in [2.45, 2.75) is 32.1 Å². The standard InChI is InChI=1S/C17H16Br2/c1-2-3-4-13-16-9-11(18)5-7-14(16)15-8-6-12(19)10-17(13)15/h5-10,13H,2-4H2,1H3. The van der Waals surface area contributed by atoms with Crippen molar-refractivity contribution in [1.29, 1.82) is 0 Å². The average molecular weight is 380 g/mol. The van der Waals surface area contributed by atoms with Gasteiger partial charge in [-0.25, -0.2) is 0 Å². The Labute approximate surface area is 131 Å². The molecule has 3 rings (SSSR count). The number of hydrogen-bond acceptors (Lipinski definition) is 0. The summed E-state index contributed by atoms with van der Waals surface area (Å²) in [4.78, 5) is 0. The van der Waals surface area contributed by atoms with Crippen molar-refractivity contribution in [3.8, 4) is 11.1 Å². The minimum Gasteiger partial charge on any atom is -0.0654 e. The van der Waals surface area contributed by atoms with Crippen LogP contribution < -0.4 is 0 Å². The summed E-state index contributed by atoms with van der Waals surface area (Å²) in [6, 6.07) is 13.4. The van der Waals surface area contributed by atoms with Gasteiger partial charge in [-0.2, -0.15) is 0 Å². The molecule has 2 heteroatoms. The largest absolute Gasteiger partial charge is 0.0654 e. The highest BCUT2D eigenvalue weighted by Gasteiger charge is 2.28. The number of fused-ring (bicyclic) bond motifs is 3. The third kappa shape index (κ3) is 2.41. The van der Waals surface area contributed by atoms with Crippen molar-refractivity contribution in [2.24, 2.45) is 0 Å². The van der Waals surface area contributed by atoms with Crippen molar-refractivity contribution in [1.82, 2.24) is 0 Å². The summed E-state index contributed by atoms with van der Waals surface area (Å²) >= 11 is 7.22. The molecule has 0 radical (unpaired) electrons. The van der Waals surface area contributed by atoms with Crippen LogP contribution in [0.3, 0.4) is 0 Å². The van der Waals surface area contributed by atoms with Crippen LogP contribution in [-0.2, 0) is 0 Å². The van der Waals surface area contributed by atoms with Gasteiger partial charge in [-0.3, -0.25) is 0 Å². The van der Waals surface area contributed by atoms with Gasteiger partial charge in [0.05, 0.1) is 0 Å². The Morgan fingerprint density at radius 3 is 1.89 bits per heavy atom. The lowest BCUT2D eigenvalue weighted by atomic mass is 9.92. The second-order valence-electron chi connectivity index (χ2n) is 5.16. The molecule has 1 aliphatic rings. The second-order valence-corrected chi connectivity index (χ2v) is 6.99. The van der Waals surface area contributed by atoms with Crippen LogP contribution in [0, 0.1) is 0 Å². The molecule has 19 heavy (non-hydrogen) atoms. The van der Waals surface area contributed by atoms with Crippen LogP contribution in [0.2, 0.25) is 0 Å². The fourth-order valence-electron chi connectivity index (χ4n) is 3.02. The molecule has 0 N–H and O–H groups in total. The van der Waals surface area contributed by atoms with Crippen LogP contribution in [-0.4, -0.2) is 0 Å². The summed E-state index contributed by atoms with van der Waals surface area (Å²) in [6.07, 6.45) is 3.77. The van der Waals surface area contributed by atoms with E-state index in [2.05, 4.69) is 75.2 Å². The highest BCUT2D eigenvalue weighted by Crippen LogP contribution is 2.48. The first-order valence-corrected chi connectivity index (χ1v) is 8.38. The summed E-state index contributed by atoms with van der Waals surface area (Å²) in [5.41, 5.74) is 5.78. The Hall–Kier alpha value is -0.600. The molecule has 0 aromatic heterocycles. The summed E-state index contributed by atoms with van der Waals surface area (Å²) in [5.74, 6) is 0.556. The number of halogens is 2. The Bertz CT molecular complexity index is 565. The first kappa shape index (κ1) is 13.4. The van der Waals surface area contributed by atoms with E-state index in [9.17, 15) is 0 Å². The molecule has 2 aromatic rings. The van der Waals surface area contributed by atoms with E-state index in [0.29, 0.717) is 5.92 Å². The molecule has 0 aliphatic heterocycles. The van der Waals surface area contributed by atoms with Gasteiger partial charge < -0.3 is 0 Å². The molecular formula is C17H16Br2. The molecule has 0 atom stereocenters. The molecule has 0 bridgehead atoms. The maximum absolute atomic E-state index is 3.61. The van der Waals surface area contributed by atoms with Crippen molar-refractivity contribution >= 4 is 31.9 Å². The van der Waals surface area contributed by atoms with E-state index in [-0.39, 0.29) is 0 Å². The summed E-state index contributed by atoms with van der Waals surface area (Å²) in [7, 11) is 0. The van der Waals surface area contributed by atoms with E-state index in [0.717, 1.165) is 0 Å². The molecular weight excluding hydrogens is 364 g/mol. The molecule has 0 unspecified atom stereocenters. The smallest absolute Gasteiger partial charge is 0.0178 e. The van der Waals surface area contributed by atoms with E-state index in [4.69, 9.17) is 0 Å². The van der Waals surface area contributed by atoms with E-state index < -0.39 is 0 Å². The van der Waals surface area contributed by atoms with Crippen LogP contribution >= 0.6 is 31.9 Å². The predicted molar refractivity (Wildman–Crippen MR) is 88.6 cm³/mol. The molecule has 0 saturated heterocycles. The molecule has 0 heterocycles. The number of hydrogen-bond donors (Lipinski definition) is 0. The van der Waals surface area contributed by atoms with E-state index in [1.807, 2.05) is 0 Å². The van der Waals surface area contributed by atoms with Crippen LogP contribution in [0.1, 0.15) is 43.2 Å². The number of unbranched alkanes of at least 4 members (excludes halogenated alkanes) is 1. The van der Waals surface area contributed by atoms with Crippen molar-refractivity contribution in [2.75, 3.05) is 0 Å². The minimum atomic E-state index is 0.556. The van der Waals surface area contributed by atoms with Gasteiger partial charge in [-0.05, 0) is 52.9 Å². The van der Waals surface area contributed by atoms with Crippen LogP contribution in [0.5, 0.6) is 0 Å². The maximum atomic E-state index is 3.61. The Kier molecular flexibility index (Phi) is 3.81. The lowest BCUT2D eigenvalue weighted by Crippen LogP contribution is -1.96. The van der Waals surface area contributed by atoms with Gasteiger partial charge in [-0.15, -0.1) is 0 Å². The zero-order valence-electron chi connectivity index (χ0n) is 10.9. The quantitative estimate of drug-likeness (QED) is 0.569. The first-order chi connectivity index (χ1) is 9.20. The highest BCUT2D eigenvalue weighted by molar-refractivity contribution is 9.10. The van der Waals surface area contributed by atoms with E-state index in [1.165, 1.54) is 50.5 Å². The lowest BCUT2D eigenvalue weighted by molar-refractivity contribution is 0.659. The summed E-state index contributed by atoms with van der Waals surface area (Å²) < 4.78 is 2.36. The fourth-order valence-corrected chi connectivity index (χ4v) is 3.78. The van der Waals surface area contributed by atoms with Crippen molar-refractivity contribution in [3.05, 3.63) is 56.5 Å². The lowest BCUT2D eigenvalue weighted by Gasteiger charge is -2.13. The van der Waals surface area contributed by atoms with Crippen molar-refractivity contribution < 1.29 is 0 Å². The maximum Gasteiger partial charge on any atom is 0.0178 e. The molecule has 1 aliphatic carbocycles. The Balaban J connectivity index is 2.14. The van der Waals surface area contributed by atoms with Gasteiger partial charge in [0.1, 0.15) is 0 Å². The van der Waals surface area contributed by atoms with Gasteiger partial charge in [0.2, 0.25) is 0 Å². The molecule has 98 valence electrons. The normalized spacial score (nSPS) is 13.4. The molecule has 2 aromatic carbocycles. The van der Waals surface area contributed by atoms with Gasteiger partial charge in [-0.1, -0.05) is 63.8 Å². The van der Waals surface area contributed by atoms with Crippen LogP contribution in [0.25, 0.3) is 11.1 Å². The van der Waals surface area contributed by atoms with Crippen LogP contribution in [0.15, 0.2) is 45.3 Å². The average Bonchev–Trinajstić information content (AvgIpc) is 2.68. The number of benzene rings is 2. The second kappa shape index (κ2) is 5.41. The third-order valence-electron chi connectivity index (χ3n) is 3.91. The summed E-state index contributed by atoms with van der Waals surface area (Å²) in [6.45, 7) is 2.26. The zero-order valence-corrected chi connectivity index (χ0v) is 14.1. The van der Waals surface area contributed by atoms with Gasteiger partial charge in [0.25, 0.3) is 0 Å². The third-order valence-corrected chi connectivity index (χ3v) is 4.90. The van der Waals surface area contributed by atoms with E-state index in [1.54, 1.807) is 0 Å². The zero-order chi connectivity index (χ0) is 13.4. The summed E-state index contributed by atoms with van der Waals surface area (Å²) in [5, 5.41) is 0. The first-order valence-electron chi connectivity index (χ1n) is 6.80. The highest BCUT2D eigenvalue weighted by atomic mass is 79.9. The molecule has 0 spiro atoms. The minimum absolute atomic E-state index is 0.556. The van der Waals surface area contributed by atoms with Crippen molar-refractivity contribution in [3.63, 3.8) is 0 Å².